The van der Waals surface area contributed by atoms with E-state index in [9.17, 15) is 9.59 Å². The number of carbonyl (C=O) groups is 2. The Morgan fingerprint density at radius 3 is 2.08 bits per heavy atom. The Balaban J connectivity index is 4.13. The van der Waals surface area contributed by atoms with Gasteiger partial charge in [-0.3, -0.25) is 9.59 Å². The van der Waals surface area contributed by atoms with Gasteiger partial charge in [0.05, 0.1) is 6.04 Å². The predicted octanol–water partition coefficient (Wildman–Crippen LogP) is 1.52. The molecule has 0 aromatic rings. The van der Waals surface area contributed by atoms with Crippen molar-refractivity contribution in [3.05, 3.63) is 0 Å². The van der Waals surface area contributed by atoms with E-state index < -0.39 is 0 Å². The second kappa shape index (κ2) is 5.73. The van der Waals surface area contributed by atoms with Crippen molar-refractivity contribution >= 4 is 11.7 Å². The molecule has 0 bridgehead atoms. The maximum absolute atomic E-state index is 11.3. The summed E-state index contributed by atoms with van der Waals surface area (Å²) in [4.78, 5) is 22.6. The summed E-state index contributed by atoms with van der Waals surface area (Å²) in [5.74, 6) is 0.00357. The maximum Gasteiger partial charge on any atom is 0.223 e. The molecule has 0 rings (SSSR count). The predicted molar refractivity (Wildman–Crippen MR) is 52.4 cm³/mol. The Labute approximate surface area is 79.9 Å². The zero-order chi connectivity index (χ0) is 10.4. The van der Waals surface area contributed by atoms with Crippen molar-refractivity contribution in [1.29, 1.82) is 0 Å². The van der Waals surface area contributed by atoms with Crippen LogP contribution in [0.25, 0.3) is 0 Å². The standard InChI is InChI=1S/C10H19NO2/c1-5-8(9(12)6-2)11-10(13)7(3)4/h7-8H,5-6H2,1-4H3,(H,11,13). The SMILES string of the molecule is CCC(=O)C(CC)NC(=O)C(C)C. The third kappa shape index (κ3) is 4.06. The highest BCUT2D eigenvalue weighted by molar-refractivity contribution is 5.89. The van der Waals surface area contributed by atoms with Crippen LogP contribution in [0.4, 0.5) is 0 Å². The first-order valence-electron chi connectivity index (χ1n) is 4.85. The molecule has 0 aliphatic heterocycles. The summed E-state index contributed by atoms with van der Waals surface area (Å²) >= 11 is 0. The van der Waals surface area contributed by atoms with E-state index in [1.54, 1.807) is 0 Å². The largest absolute Gasteiger partial charge is 0.346 e. The van der Waals surface area contributed by atoms with Crippen molar-refractivity contribution in [2.24, 2.45) is 5.92 Å². The van der Waals surface area contributed by atoms with Gasteiger partial charge in [0.1, 0.15) is 0 Å². The van der Waals surface area contributed by atoms with Gasteiger partial charge in [0.2, 0.25) is 5.91 Å². The molecule has 1 amide bonds. The van der Waals surface area contributed by atoms with E-state index in [1.165, 1.54) is 0 Å². The Kier molecular flexibility index (Phi) is 5.35. The highest BCUT2D eigenvalue weighted by Crippen LogP contribution is 1.99. The first-order valence-corrected chi connectivity index (χ1v) is 4.85. The van der Waals surface area contributed by atoms with Crippen LogP contribution in [-0.4, -0.2) is 17.7 Å². The Hall–Kier alpha value is -0.860. The third-order valence-electron chi connectivity index (χ3n) is 1.99. The number of rotatable bonds is 5. The van der Waals surface area contributed by atoms with E-state index in [2.05, 4.69) is 5.32 Å². The van der Waals surface area contributed by atoms with Gasteiger partial charge in [-0.05, 0) is 6.42 Å². The van der Waals surface area contributed by atoms with Gasteiger partial charge in [-0.1, -0.05) is 27.7 Å². The van der Waals surface area contributed by atoms with Crippen LogP contribution in [0, 0.1) is 5.92 Å². The average Bonchev–Trinajstić information content (AvgIpc) is 2.12. The molecule has 0 aromatic heterocycles. The lowest BCUT2D eigenvalue weighted by Gasteiger charge is -2.16. The Bertz CT molecular complexity index is 187. The monoisotopic (exact) mass is 185 g/mol. The highest BCUT2D eigenvalue weighted by atomic mass is 16.2. The first kappa shape index (κ1) is 12.1. The zero-order valence-electron chi connectivity index (χ0n) is 8.89. The van der Waals surface area contributed by atoms with Crippen molar-refractivity contribution in [1.82, 2.24) is 5.32 Å². The van der Waals surface area contributed by atoms with Gasteiger partial charge in [-0.2, -0.15) is 0 Å². The summed E-state index contributed by atoms with van der Waals surface area (Å²) in [6.45, 7) is 7.35. The van der Waals surface area contributed by atoms with Gasteiger partial charge in [-0.15, -0.1) is 0 Å². The van der Waals surface area contributed by atoms with Gasteiger partial charge >= 0.3 is 0 Å². The molecule has 76 valence electrons. The molecule has 0 saturated carbocycles. The molecule has 1 atom stereocenters. The van der Waals surface area contributed by atoms with Crippen LogP contribution in [0.2, 0.25) is 0 Å². The summed E-state index contributed by atoms with van der Waals surface area (Å²) in [6, 6.07) is -0.292. The lowest BCUT2D eigenvalue weighted by atomic mass is 10.1. The van der Waals surface area contributed by atoms with Gasteiger partial charge in [0, 0.05) is 12.3 Å². The van der Waals surface area contributed by atoms with E-state index in [1.807, 2.05) is 27.7 Å². The fraction of sp³-hybridized carbons (Fsp3) is 0.800. The number of Topliss-reactive ketones (excluding diaryl/α,β-unsaturated/α-hetero) is 1. The smallest absolute Gasteiger partial charge is 0.223 e. The number of nitrogens with one attached hydrogen (secondary N) is 1. The second-order valence-electron chi connectivity index (χ2n) is 3.44. The van der Waals surface area contributed by atoms with E-state index in [0.29, 0.717) is 12.8 Å². The number of ketones is 1. The molecule has 0 spiro atoms. The molecular formula is C10H19NO2. The molecule has 1 N–H and O–H groups in total. The van der Waals surface area contributed by atoms with Crippen LogP contribution >= 0.6 is 0 Å². The van der Waals surface area contributed by atoms with Crippen molar-refractivity contribution in [3.8, 4) is 0 Å². The van der Waals surface area contributed by atoms with Crippen LogP contribution in [0.5, 0.6) is 0 Å². The van der Waals surface area contributed by atoms with Gasteiger partial charge < -0.3 is 5.32 Å². The van der Waals surface area contributed by atoms with Gasteiger partial charge in [-0.25, -0.2) is 0 Å². The van der Waals surface area contributed by atoms with E-state index in [-0.39, 0.29) is 23.7 Å². The molecule has 0 fully saturated rings. The Morgan fingerprint density at radius 1 is 1.23 bits per heavy atom. The third-order valence-corrected chi connectivity index (χ3v) is 1.99. The van der Waals surface area contributed by atoms with Crippen LogP contribution in [0.3, 0.4) is 0 Å². The lowest BCUT2D eigenvalue weighted by molar-refractivity contribution is -0.129. The molecule has 0 saturated heterocycles. The summed E-state index contributed by atoms with van der Waals surface area (Å²) in [6.07, 6.45) is 1.15. The average molecular weight is 185 g/mol. The molecule has 3 nitrogen and oxygen atoms in total. The number of hydrogen-bond donors (Lipinski definition) is 1. The topological polar surface area (TPSA) is 46.2 Å². The number of carbonyl (C=O) groups excluding carboxylic acids is 2. The van der Waals surface area contributed by atoms with Crippen molar-refractivity contribution in [2.75, 3.05) is 0 Å². The molecule has 0 aliphatic rings. The van der Waals surface area contributed by atoms with Crippen LogP contribution in [0.15, 0.2) is 0 Å². The lowest BCUT2D eigenvalue weighted by Crippen LogP contribution is -2.41. The van der Waals surface area contributed by atoms with Crippen LogP contribution in [0.1, 0.15) is 40.5 Å². The molecular weight excluding hydrogens is 166 g/mol. The normalized spacial score (nSPS) is 12.7. The molecule has 1 unspecified atom stereocenters. The van der Waals surface area contributed by atoms with Crippen molar-refractivity contribution < 1.29 is 9.59 Å². The molecule has 0 heterocycles. The molecule has 0 aromatic carbocycles. The minimum absolute atomic E-state index is 0.0475. The highest BCUT2D eigenvalue weighted by Gasteiger charge is 2.18. The first-order chi connectivity index (χ1) is 6.02. The minimum atomic E-state index is -0.292. The molecule has 0 aliphatic carbocycles. The minimum Gasteiger partial charge on any atom is -0.346 e. The van der Waals surface area contributed by atoms with E-state index in [0.717, 1.165) is 0 Å². The molecule has 3 heteroatoms. The zero-order valence-corrected chi connectivity index (χ0v) is 8.89. The number of amides is 1. The quantitative estimate of drug-likeness (QED) is 0.705. The summed E-state index contributed by atoms with van der Waals surface area (Å²) in [5.41, 5.74) is 0. The fourth-order valence-electron chi connectivity index (χ4n) is 0.995. The van der Waals surface area contributed by atoms with Crippen molar-refractivity contribution in [2.45, 2.75) is 46.6 Å². The maximum atomic E-state index is 11.3. The molecule has 0 radical (unpaired) electrons. The summed E-state index contributed by atoms with van der Waals surface area (Å²) in [7, 11) is 0. The van der Waals surface area contributed by atoms with Crippen molar-refractivity contribution in [3.63, 3.8) is 0 Å². The summed E-state index contributed by atoms with van der Waals surface area (Å²) in [5, 5.41) is 2.73. The molecule has 13 heavy (non-hydrogen) atoms. The second-order valence-corrected chi connectivity index (χ2v) is 3.44. The van der Waals surface area contributed by atoms with Gasteiger partial charge in [0.25, 0.3) is 0 Å². The summed E-state index contributed by atoms with van der Waals surface area (Å²) < 4.78 is 0. The van der Waals surface area contributed by atoms with Crippen LogP contribution in [-0.2, 0) is 9.59 Å². The Morgan fingerprint density at radius 2 is 1.77 bits per heavy atom. The van der Waals surface area contributed by atoms with Gasteiger partial charge in [0.15, 0.2) is 5.78 Å². The fourth-order valence-corrected chi connectivity index (χ4v) is 0.995. The van der Waals surface area contributed by atoms with E-state index >= 15 is 0 Å². The van der Waals surface area contributed by atoms with Crippen LogP contribution < -0.4 is 5.32 Å². The van der Waals surface area contributed by atoms with E-state index in [4.69, 9.17) is 0 Å². The number of hydrogen-bond acceptors (Lipinski definition) is 2.